The molecule has 3 aromatic rings. The van der Waals surface area contributed by atoms with Crippen LogP contribution in [0.25, 0.3) is 5.00 Å². The van der Waals surface area contributed by atoms with Crippen molar-refractivity contribution in [1.82, 2.24) is 9.55 Å². The number of nitrogens with two attached hydrogens (primary N) is 1. The number of aryl methyl sites for hydroxylation is 1. The molecule has 96 valence electrons. The zero-order chi connectivity index (χ0) is 13.2. The Morgan fingerprint density at radius 3 is 2.84 bits per heavy atom. The second-order valence-corrected chi connectivity index (χ2v) is 5.41. The minimum atomic E-state index is 0.853. The molecule has 0 bridgehead atoms. The lowest BCUT2D eigenvalue weighted by Gasteiger charge is -2.06. The van der Waals surface area contributed by atoms with Crippen LogP contribution < -0.4 is 5.73 Å². The van der Waals surface area contributed by atoms with Crippen molar-refractivity contribution in [3.63, 3.8) is 0 Å². The van der Waals surface area contributed by atoms with Crippen molar-refractivity contribution in [3.8, 4) is 5.00 Å². The second kappa shape index (κ2) is 4.90. The van der Waals surface area contributed by atoms with Gasteiger partial charge in [0.2, 0.25) is 0 Å². The summed E-state index contributed by atoms with van der Waals surface area (Å²) < 4.78 is 1.96. The van der Waals surface area contributed by atoms with E-state index in [1.54, 1.807) is 23.9 Å². The molecule has 2 aromatic heterocycles. The smallest absolute Gasteiger partial charge is 0.124 e. The molecule has 0 aliphatic rings. The quantitative estimate of drug-likeness (QED) is 0.791. The summed E-state index contributed by atoms with van der Waals surface area (Å²) in [5.41, 5.74) is 10.9. The highest BCUT2D eigenvalue weighted by molar-refractivity contribution is 7.13. The molecule has 19 heavy (non-hydrogen) atoms. The summed E-state index contributed by atoms with van der Waals surface area (Å²) in [4.78, 5) is 4.06. The van der Waals surface area contributed by atoms with Gasteiger partial charge in [-0.3, -0.25) is 4.57 Å². The number of hydrogen-bond donors (Lipinski definition) is 1. The van der Waals surface area contributed by atoms with Crippen molar-refractivity contribution in [2.24, 2.45) is 0 Å². The van der Waals surface area contributed by atoms with Gasteiger partial charge in [0.1, 0.15) is 5.00 Å². The third-order valence-electron chi connectivity index (χ3n) is 3.27. The molecular formula is C15H15N3S. The molecule has 0 atom stereocenters. The van der Waals surface area contributed by atoms with E-state index >= 15 is 0 Å². The molecule has 1 aromatic carbocycles. The molecule has 0 radical (unpaired) electrons. The van der Waals surface area contributed by atoms with E-state index in [2.05, 4.69) is 41.6 Å². The number of hydrogen-bond acceptors (Lipinski definition) is 3. The van der Waals surface area contributed by atoms with Crippen LogP contribution in [0.15, 0.2) is 48.4 Å². The van der Waals surface area contributed by atoms with Crippen LogP contribution in [0.2, 0.25) is 0 Å². The normalized spacial score (nSPS) is 10.8. The zero-order valence-electron chi connectivity index (χ0n) is 10.7. The summed E-state index contributed by atoms with van der Waals surface area (Å²) in [5, 5.41) is 3.18. The Morgan fingerprint density at radius 1 is 1.26 bits per heavy atom. The van der Waals surface area contributed by atoms with Crippen molar-refractivity contribution in [2.45, 2.75) is 13.3 Å². The molecule has 0 aliphatic carbocycles. The van der Waals surface area contributed by atoms with Crippen LogP contribution in [-0.2, 0) is 6.42 Å². The van der Waals surface area contributed by atoms with E-state index in [0.29, 0.717) is 0 Å². The number of nitrogen functional groups attached to an aromatic ring is 1. The average Bonchev–Trinajstić information content (AvgIpc) is 3.03. The molecule has 0 saturated heterocycles. The molecule has 0 fully saturated rings. The first-order valence-electron chi connectivity index (χ1n) is 6.14. The number of anilines is 1. The van der Waals surface area contributed by atoms with Gasteiger partial charge in [-0.1, -0.05) is 24.3 Å². The predicted molar refractivity (Wildman–Crippen MR) is 79.8 cm³/mol. The largest absolute Gasteiger partial charge is 0.396 e. The molecule has 3 rings (SSSR count). The third kappa shape index (κ3) is 2.27. The third-order valence-corrected chi connectivity index (χ3v) is 4.33. The molecule has 0 saturated carbocycles. The average molecular weight is 269 g/mol. The van der Waals surface area contributed by atoms with Gasteiger partial charge in [0, 0.05) is 18.8 Å². The fourth-order valence-corrected chi connectivity index (χ4v) is 3.07. The summed E-state index contributed by atoms with van der Waals surface area (Å²) in [7, 11) is 0. The highest BCUT2D eigenvalue weighted by Gasteiger charge is 2.11. The van der Waals surface area contributed by atoms with Gasteiger partial charge in [0.15, 0.2) is 0 Å². The summed E-state index contributed by atoms with van der Waals surface area (Å²) in [6.07, 6.45) is 6.34. The first-order chi connectivity index (χ1) is 9.25. The Bertz CT molecular complexity index is 683. The Hall–Kier alpha value is -2.07. The van der Waals surface area contributed by atoms with Crippen molar-refractivity contribution in [2.75, 3.05) is 5.73 Å². The van der Waals surface area contributed by atoms with Gasteiger partial charge in [-0.2, -0.15) is 0 Å². The maximum Gasteiger partial charge on any atom is 0.124 e. The van der Waals surface area contributed by atoms with Crippen molar-refractivity contribution in [1.29, 1.82) is 0 Å². The van der Waals surface area contributed by atoms with Crippen molar-refractivity contribution in [3.05, 3.63) is 65.1 Å². The van der Waals surface area contributed by atoms with Gasteiger partial charge < -0.3 is 5.73 Å². The van der Waals surface area contributed by atoms with Crippen molar-refractivity contribution < 1.29 is 0 Å². The van der Waals surface area contributed by atoms with Gasteiger partial charge in [-0.05, 0) is 29.0 Å². The Balaban J connectivity index is 1.93. The fourth-order valence-electron chi connectivity index (χ4n) is 2.12. The fraction of sp³-hybridized carbons (Fsp3) is 0.133. The van der Waals surface area contributed by atoms with E-state index in [4.69, 9.17) is 5.73 Å². The minimum Gasteiger partial charge on any atom is -0.396 e. The van der Waals surface area contributed by atoms with E-state index < -0.39 is 0 Å². The van der Waals surface area contributed by atoms with Crippen LogP contribution in [0.3, 0.4) is 0 Å². The first-order valence-corrected chi connectivity index (χ1v) is 7.02. The molecule has 4 heteroatoms. The van der Waals surface area contributed by atoms with Crippen LogP contribution in [0.1, 0.15) is 16.7 Å². The van der Waals surface area contributed by atoms with Gasteiger partial charge >= 0.3 is 0 Å². The molecule has 0 aliphatic heterocycles. The molecule has 0 spiro atoms. The van der Waals surface area contributed by atoms with Gasteiger partial charge in [-0.15, -0.1) is 11.3 Å². The molecule has 2 heterocycles. The lowest BCUT2D eigenvalue weighted by molar-refractivity contribution is 1.08. The van der Waals surface area contributed by atoms with E-state index in [1.165, 1.54) is 16.7 Å². The Kier molecular flexibility index (Phi) is 3.09. The zero-order valence-corrected chi connectivity index (χ0v) is 11.5. The van der Waals surface area contributed by atoms with Crippen LogP contribution >= 0.6 is 11.3 Å². The second-order valence-electron chi connectivity index (χ2n) is 4.55. The highest BCUT2D eigenvalue weighted by atomic mass is 32.1. The maximum absolute atomic E-state index is 6.25. The molecule has 0 unspecified atom stereocenters. The number of imidazole rings is 1. The summed E-state index contributed by atoms with van der Waals surface area (Å²) >= 11 is 1.66. The van der Waals surface area contributed by atoms with Crippen LogP contribution in [-0.4, -0.2) is 9.55 Å². The van der Waals surface area contributed by atoms with E-state index in [0.717, 1.165) is 17.1 Å². The highest BCUT2D eigenvalue weighted by Crippen LogP contribution is 2.31. The van der Waals surface area contributed by atoms with Crippen LogP contribution in [0.4, 0.5) is 5.69 Å². The number of rotatable bonds is 3. The number of aromatic nitrogens is 2. The summed E-state index contributed by atoms with van der Waals surface area (Å²) in [6, 6.07) is 8.42. The topological polar surface area (TPSA) is 43.8 Å². The maximum atomic E-state index is 6.25. The van der Waals surface area contributed by atoms with Crippen LogP contribution in [0.5, 0.6) is 0 Å². The molecular weight excluding hydrogens is 254 g/mol. The van der Waals surface area contributed by atoms with E-state index in [9.17, 15) is 0 Å². The number of benzene rings is 1. The molecule has 0 amide bonds. The minimum absolute atomic E-state index is 0.853. The van der Waals surface area contributed by atoms with Crippen molar-refractivity contribution >= 4 is 17.0 Å². The standard InChI is InChI=1S/C15H15N3S/c1-11-4-2-3-5-12(11)8-13-9-19-15(14(13)16)18-7-6-17-10-18/h2-7,9-10H,8,16H2,1H3. The summed E-state index contributed by atoms with van der Waals surface area (Å²) in [5.74, 6) is 0. The molecule has 3 nitrogen and oxygen atoms in total. The van der Waals surface area contributed by atoms with Gasteiger partial charge in [0.05, 0.1) is 12.0 Å². The molecule has 2 N–H and O–H groups in total. The van der Waals surface area contributed by atoms with Crippen LogP contribution in [0, 0.1) is 6.92 Å². The Labute approximate surface area is 116 Å². The lowest BCUT2D eigenvalue weighted by Crippen LogP contribution is -1.97. The van der Waals surface area contributed by atoms with Gasteiger partial charge in [-0.25, -0.2) is 4.98 Å². The van der Waals surface area contributed by atoms with E-state index in [1.807, 2.05) is 10.8 Å². The monoisotopic (exact) mass is 269 g/mol. The SMILES string of the molecule is Cc1ccccc1Cc1csc(-n2ccnc2)c1N. The van der Waals surface area contributed by atoms with E-state index in [-0.39, 0.29) is 0 Å². The predicted octanol–water partition coefficient (Wildman–Crippen LogP) is 3.42. The Morgan fingerprint density at radius 2 is 2.11 bits per heavy atom. The number of thiophene rings is 1. The van der Waals surface area contributed by atoms with Gasteiger partial charge in [0.25, 0.3) is 0 Å². The first kappa shape index (κ1) is 12.0. The lowest BCUT2D eigenvalue weighted by atomic mass is 10.0. The number of nitrogens with zero attached hydrogens (tertiary/aromatic N) is 2. The summed E-state index contributed by atoms with van der Waals surface area (Å²) in [6.45, 7) is 2.13.